The summed E-state index contributed by atoms with van der Waals surface area (Å²) in [6.07, 6.45) is 14.4. The topological polar surface area (TPSA) is 28.2 Å². The largest absolute Gasteiger partial charge is 0.309 e. The molecule has 2 heterocycles. The molecule has 3 nitrogen and oxygen atoms in total. The Morgan fingerprint density at radius 2 is 1.86 bits per heavy atom. The minimum atomic E-state index is 0.757. The first-order valence-corrected chi connectivity index (χ1v) is 9.61. The van der Waals surface area contributed by atoms with E-state index >= 15 is 0 Å². The maximum absolute atomic E-state index is 4.62. The lowest BCUT2D eigenvalue weighted by Crippen LogP contribution is -2.26. The summed E-state index contributed by atoms with van der Waals surface area (Å²) in [7, 11) is 0. The second-order valence-corrected chi connectivity index (χ2v) is 7.79. The number of hydrogen-bond donors (Lipinski definition) is 1. The second kappa shape index (κ2) is 8.25. The van der Waals surface area contributed by atoms with Gasteiger partial charge in [0.2, 0.25) is 0 Å². The van der Waals surface area contributed by atoms with Crippen LogP contribution >= 0.6 is 11.3 Å². The van der Waals surface area contributed by atoms with Gasteiger partial charge in [0.05, 0.1) is 5.01 Å². The van der Waals surface area contributed by atoms with Crippen LogP contribution in [0.15, 0.2) is 6.20 Å². The standard InChI is InChI=1S/C17H29N3S/c1-2-6-11-20(10-5-1)12-9-17-19-14-16(21-17)13-18-15-7-3-4-8-15/h14-15,18H,1-13H2. The Morgan fingerprint density at radius 3 is 2.62 bits per heavy atom. The number of nitrogens with one attached hydrogen (secondary N) is 1. The molecule has 2 aliphatic rings. The van der Waals surface area contributed by atoms with E-state index in [-0.39, 0.29) is 0 Å². The minimum absolute atomic E-state index is 0.757. The molecule has 1 saturated carbocycles. The molecule has 1 aromatic heterocycles. The molecule has 21 heavy (non-hydrogen) atoms. The second-order valence-electron chi connectivity index (χ2n) is 6.59. The highest BCUT2D eigenvalue weighted by atomic mass is 32.1. The Kier molecular flexibility index (Phi) is 6.07. The molecule has 3 rings (SSSR count). The van der Waals surface area contributed by atoms with Crippen molar-refractivity contribution in [3.8, 4) is 0 Å². The zero-order valence-electron chi connectivity index (χ0n) is 13.1. The van der Waals surface area contributed by atoms with Crippen LogP contribution in [0.5, 0.6) is 0 Å². The van der Waals surface area contributed by atoms with Crippen molar-refractivity contribution in [3.05, 3.63) is 16.1 Å². The van der Waals surface area contributed by atoms with E-state index in [1.165, 1.54) is 80.9 Å². The fourth-order valence-corrected chi connectivity index (χ4v) is 4.40. The lowest BCUT2D eigenvalue weighted by atomic mass is 10.2. The zero-order chi connectivity index (χ0) is 14.3. The number of nitrogens with zero attached hydrogens (tertiary/aromatic N) is 2. The third-order valence-electron chi connectivity index (χ3n) is 4.86. The Morgan fingerprint density at radius 1 is 1.10 bits per heavy atom. The number of hydrogen-bond acceptors (Lipinski definition) is 4. The van der Waals surface area contributed by atoms with Gasteiger partial charge in [-0.25, -0.2) is 4.98 Å². The van der Waals surface area contributed by atoms with Crippen LogP contribution in [0.3, 0.4) is 0 Å². The SMILES string of the molecule is c1nc(CCN2CCCCCC2)sc1CNC1CCCC1. The van der Waals surface area contributed by atoms with E-state index in [2.05, 4.69) is 21.4 Å². The number of aromatic nitrogens is 1. The average Bonchev–Trinajstić information content (AvgIpc) is 3.10. The van der Waals surface area contributed by atoms with E-state index < -0.39 is 0 Å². The molecule has 1 aromatic rings. The molecular formula is C17H29N3S. The smallest absolute Gasteiger partial charge is 0.0940 e. The lowest BCUT2D eigenvalue weighted by Gasteiger charge is -2.18. The highest BCUT2D eigenvalue weighted by molar-refractivity contribution is 7.11. The first-order chi connectivity index (χ1) is 10.4. The van der Waals surface area contributed by atoms with Crippen molar-refractivity contribution in [2.24, 2.45) is 0 Å². The third kappa shape index (κ3) is 5.04. The van der Waals surface area contributed by atoms with Crippen molar-refractivity contribution < 1.29 is 0 Å². The maximum atomic E-state index is 4.62. The summed E-state index contributed by atoms with van der Waals surface area (Å²) in [4.78, 5) is 8.66. The van der Waals surface area contributed by atoms with Crippen LogP contribution in [0.4, 0.5) is 0 Å². The van der Waals surface area contributed by atoms with Gasteiger partial charge in [0.1, 0.15) is 0 Å². The summed E-state index contributed by atoms with van der Waals surface area (Å²) in [6, 6.07) is 0.757. The highest BCUT2D eigenvalue weighted by Crippen LogP contribution is 2.20. The van der Waals surface area contributed by atoms with Gasteiger partial charge in [-0.15, -0.1) is 11.3 Å². The van der Waals surface area contributed by atoms with Gasteiger partial charge in [0.15, 0.2) is 0 Å². The van der Waals surface area contributed by atoms with Gasteiger partial charge in [-0.05, 0) is 38.8 Å². The fourth-order valence-electron chi connectivity index (χ4n) is 3.53. The summed E-state index contributed by atoms with van der Waals surface area (Å²) in [5, 5.41) is 5.01. The summed E-state index contributed by atoms with van der Waals surface area (Å²) in [5.41, 5.74) is 0. The van der Waals surface area contributed by atoms with E-state index in [4.69, 9.17) is 0 Å². The van der Waals surface area contributed by atoms with E-state index in [0.717, 1.165) is 19.0 Å². The van der Waals surface area contributed by atoms with Gasteiger partial charge < -0.3 is 10.2 Å². The molecule has 1 aliphatic heterocycles. The monoisotopic (exact) mass is 307 g/mol. The molecule has 0 amide bonds. The highest BCUT2D eigenvalue weighted by Gasteiger charge is 2.14. The molecule has 1 saturated heterocycles. The molecule has 0 radical (unpaired) electrons. The van der Waals surface area contributed by atoms with Crippen LogP contribution in [0.1, 0.15) is 61.3 Å². The molecule has 1 N–H and O–H groups in total. The predicted molar refractivity (Wildman–Crippen MR) is 89.8 cm³/mol. The van der Waals surface area contributed by atoms with Crippen LogP contribution in [-0.2, 0) is 13.0 Å². The Hall–Kier alpha value is -0.450. The molecule has 1 aliphatic carbocycles. The maximum Gasteiger partial charge on any atom is 0.0940 e. The Labute approximate surface area is 133 Å². The normalized spacial score (nSPS) is 21.7. The fraction of sp³-hybridized carbons (Fsp3) is 0.824. The zero-order valence-corrected chi connectivity index (χ0v) is 14.0. The van der Waals surface area contributed by atoms with Gasteiger partial charge in [-0.3, -0.25) is 0 Å². The average molecular weight is 308 g/mol. The van der Waals surface area contributed by atoms with E-state index in [0.29, 0.717) is 0 Å². The number of rotatable bonds is 6. The summed E-state index contributed by atoms with van der Waals surface area (Å²) >= 11 is 1.91. The summed E-state index contributed by atoms with van der Waals surface area (Å²) in [6.45, 7) is 4.80. The van der Waals surface area contributed by atoms with E-state index in [9.17, 15) is 0 Å². The summed E-state index contributed by atoms with van der Waals surface area (Å²) < 4.78 is 0. The van der Waals surface area contributed by atoms with E-state index in [1.807, 2.05) is 11.3 Å². The molecule has 0 atom stereocenters. The van der Waals surface area contributed by atoms with Crippen LogP contribution in [0, 0.1) is 0 Å². The van der Waals surface area contributed by atoms with Crippen LogP contribution < -0.4 is 5.32 Å². The third-order valence-corrected chi connectivity index (χ3v) is 5.92. The first kappa shape index (κ1) is 15.4. The molecule has 4 heteroatoms. The van der Waals surface area contributed by atoms with Crippen LogP contribution in [0.25, 0.3) is 0 Å². The van der Waals surface area contributed by atoms with Crippen molar-refractivity contribution in [3.63, 3.8) is 0 Å². The quantitative estimate of drug-likeness (QED) is 0.870. The Balaban J connectivity index is 1.39. The minimum Gasteiger partial charge on any atom is -0.309 e. The lowest BCUT2D eigenvalue weighted by molar-refractivity contribution is 0.288. The molecule has 0 aromatic carbocycles. The number of thiazole rings is 1. The Bertz CT molecular complexity index is 404. The van der Waals surface area contributed by atoms with Crippen molar-refractivity contribution >= 4 is 11.3 Å². The van der Waals surface area contributed by atoms with E-state index in [1.54, 1.807) is 0 Å². The van der Waals surface area contributed by atoms with Gasteiger partial charge in [-0.1, -0.05) is 25.7 Å². The summed E-state index contributed by atoms with van der Waals surface area (Å²) in [5.74, 6) is 0. The van der Waals surface area contributed by atoms with Crippen LogP contribution in [-0.4, -0.2) is 35.6 Å². The molecule has 0 spiro atoms. The van der Waals surface area contributed by atoms with Gasteiger partial charge in [0.25, 0.3) is 0 Å². The van der Waals surface area contributed by atoms with Gasteiger partial charge >= 0.3 is 0 Å². The first-order valence-electron chi connectivity index (χ1n) is 8.79. The molecule has 0 unspecified atom stereocenters. The van der Waals surface area contributed by atoms with Crippen molar-refractivity contribution in [2.45, 2.75) is 70.4 Å². The van der Waals surface area contributed by atoms with Gasteiger partial charge in [-0.2, -0.15) is 0 Å². The molecule has 2 fully saturated rings. The van der Waals surface area contributed by atoms with Crippen molar-refractivity contribution in [2.75, 3.05) is 19.6 Å². The molecule has 0 bridgehead atoms. The van der Waals surface area contributed by atoms with Crippen LogP contribution in [0.2, 0.25) is 0 Å². The predicted octanol–water partition coefficient (Wildman–Crippen LogP) is 3.59. The number of likely N-dealkylation sites (tertiary alicyclic amines) is 1. The van der Waals surface area contributed by atoms with Crippen molar-refractivity contribution in [1.82, 2.24) is 15.2 Å². The molecular weight excluding hydrogens is 278 g/mol. The van der Waals surface area contributed by atoms with Gasteiger partial charge in [0, 0.05) is 36.6 Å². The van der Waals surface area contributed by atoms with Crippen molar-refractivity contribution in [1.29, 1.82) is 0 Å². The molecule has 118 valence electrons.